The summed E-state index contributed by atoms with van der Waals surface area (Å²) in [6, 6.07) is 15.8. The number of benzene rings is 2. The highest BCUT2D eigenvalue weighted by Gasteiger charge is 2.45. The normalized spacial score (nSPS) is 19.4. The summed E-state index contributed by atoms with van der Waals surface area (Å²) in [5.74, 6) is -1.73. The van der Waals surface area contributed by atoms with E-state index in [0.717, 1.165) is 16.0 Å². The molecule has 1 saturated heterocycles. The molecule has 2 amide bonds. The highest BCUT2D eigenvalue weighted by molar-refractivity contribution is 6.30. The van der Waals surface area contributed by atoms with Gasteiger partial charge in [-0.3, -0.25) is 9.59 Å². The fraction of sp³-hybridized carbons (Fsp3) is 0.400. The van der Waals surface area contributed by atoms with Crippen LogP contribution in [0.2, 0.25) is 5.02 Å². The summed E-state index contributed by atoms with van der Waals surface area (Å²) in [5, 5.41) is 0.575. The van der Waals surface area contributed by atoms with Crippen LogP contribution in [-0.4, -0.2) is 34.5 Å². The summed E-state index contributed by atoms with van der Waals surface area (Å²) < 4.78 is 11.0. The van der Waals surface area contributed by atoms with Gasteiger partial charge in [-0.05, 0) is 57.4 Å². The number of carbonyl (C=O) groups is 3. The molecule has 1 heterocycles. The number of rotatable bonds is 6. The van der Waals surface area contributed by atoms with Crippen LogP contribution in [0.1, 0.15) is 51.3 Å². The Bertz CT molecular complexity index is 968. The number of hydrogen-bond donors (Lipinski definition) is 0. The molecule has 3 rings (SSSR count). The van der Waals surface area contributed by atoms with Crippen molar-refractivity contribution < 1.29 is 23.9 Å². The maximum atomic E-state index is 13.5. The average Bonchev–Trinajstić information content (AvgIpc) is 3.02. The first-order valence-electron chi connectivity index (χ1n) is 10.6. The molecule has 0 spiro atoms. The van der Waals surface area contributed by atoms with Crippen molar-refractivity contribution in [3.8, 4) is 0 Å². The van der Waals surface area contributed by atoms with Crippen LogP contribution in [0.15, 0.2) is 54.6 Å². The molecule has 0 radical (unpaired) electrons. The molecule has 2 aromatic carbocycles. The van der Waals surface area contributed by atoms with Gasteiger partial charge in [-0.25, -0.2) is 9.69 Å². The molecule has 7 heteroatoms. The minimum Gasteiger partial charge on any atom is -0.460 e. The second-order valence-electron chi connectivity index (χ2n) is 8.98. The van der Waals surface area contributed by atoms with E-state index < -0.39 is 41.6 Å². The van der Waals surface area contributed by atoms with Crippen molar-refractivity contribution in [2.24, 2.45) is 5.92 Å². The van der Waals surface area contributed by atoms with Crippen LogP contribution in [-0.2, 0) is 25.5 Å². The van der Waals surface area contributed by atoms with Crippen molar-refractivity contribution in [1.82, 2.24) is 4.90 Å². The van der Waals surface area contributed by atoms with Crippen molar-refractivity contribution in [3.05, 3.63) is 70.7 Å². The van der Waals surface area contributed by atoms with E-state index in [2.05, 4.69) is 0 Å². The number of halogens is 1. The molecule has 170 valence electrons. The molecule has 0 aliphatic carbocycles. The predicted molar refractivity (Wildman–Crippen MR) is 121 cm³/mol. The Labute approximate surface area is 193 Å². The maximum absolute atomic E-state index is 13.5. The maximum Gasteiger partial charge on any atom is 0.417 e. The second-order valence-corrected chi connectivity index (χ2v) is 9.42. The molecule has 0 N–H and O–H groups in total. The van der Waals surface area contributed by atoms with Gasteiger partial charge in [-0.15, -0.1) is 0 Å². The standard InChI is InChI=1S/C25H28ClNO5/c1-16-22(18-8-6-5-7-9-18)31-24(30)27(16)23(29)19(15-21(28)32-25(2,3)4)14-17-10-12-20(26)13-11-17/h5-13,16,19,22H,14-15H2,1-4H3. The smallest absolute Gasteiger partial charge is 0.417 e. The van der Waals surface area contributed by atoms with Crippen molar-refractivity contribution >= 4 is 29.6 Å². The molecule has 1 aliphatic rings. The van der Waals surface area contributed by atoms with Crippen molar-refractivity contribution in [2.45, 2.75) is 58.3 Å². The summed E-state index contributed by atoms with van der Waals surface area (Å²) in [6.07, 6.45) is -1.15. The lowest BCUT2D eigenvalue weighted by atomic mass is 9.93. The van der Waals surface area contributed by atoms with Crippen LogP contribution < -0.4 is 0 Å². The van der Waals surface area contributed by atoms with E-state index in [9.17, 15) is 14.4 Å². The number of cyclic esters (lactones) is 1. The highest BCUT2D eigenvalue weighted by Crippen LogP contribution is 2.34. The summed E-state index contributed by atoms with van der Waals surface area (Å²) in [7, 11) is 0. The quantitative estimate of drug-likeness (QED) is 0.547. The van der Waals surface area contributed by atoms with Crippen LogP contribution >= 0.6 is 11.6 Å². The number of imide groups is 1. The Hall–Kier alpha value is -2.86. The molecular weight excluding hydrogens is 430 g/mol. The number of ether oxygens (including phenoxy) is 2. The van der Waals surface area contributed by atoms with Gasteiger partial charge in [0.25, 0.3) is 0 Å². The lowest BCUT2D eigenvalue weighted by Crippen LogP contribution is -2.43. The minimum atomic E-state index is -0.782. The number of nitrogens with zero attached hydrogens (tertiary/aromatic N) is 1. The molecule has 0 bridgehead atoms. The molecule has 0 saturated carbocycles. The topological polar surface area (TPSA) is 72.9 Å². The Morgan fingerprint density at radius 3 is 2.31 bits per heavy atom. The number of esters is 1. The lowest BCUT2D eigenvalue weighted by Gasteiger charge is -2.26. The molecule has 1 aliphatic heterocycles. The Morgan fingerprint density at radius 2 is 1.72 bits per heavy atom. The Kier molecular flexibility index (Phi) is 7.24. The van der Waals surface area contributed by atoms with E-state index in [0.29, 0.717) is 5.02 Å². The van der Waals surface area contributed by atoms with Crippen LogP contribution in [0.5, 0.6) is 0 Å². The summed E-state index contributed by atoms with van der Waals surface area (Å²) in [5.41, 5.74) is 0.963. The third kappa shape index (κ3) is 5.88. The molecule has 2 aromatic rings. The van der Waals surface area contributed by atoms with Gasteiger partial charge in [0, 0.05) is 5.02 Å². The van der Waals surface area contributed by atoms with Crippen molar-refractivity contribution in [2.75, 3.05) is 0 Å². The molecule has 32 heavy (non-hydrogen) atoms. The largest absolute Gasteiger partial charge is 0.460 e. The van der Waals surface area contributed by atoms with Gasteiger partial charge in [0.05, 0.1) is 18.4 Å². The van der Waals surface area contributed by atoms with Crippen molar-refractivity contribution in [3.63, 3.8) is 0 Å². The van der Waals surface area contributed by atoms with Crippen LogP contribution in [0.4, 0.5) is 4.79 Å². The van der Waals surface area contributed by atoms with Gasteiger partial charge in [-0.2, -0.15) is 0 Å². The van der Waals surface area contributed by atoms with E-state index in [4.69, 9.17) is 21.1 Å². The van der Waals surface area contributed by atoms with Gasteiger partial charge in [0.2, 0.25) is 5.91 Å². The third-order valence-corrected chi connectivity index (χ3v) is 5.47. The molecular formula is C25H28ClNO5. The lowest BCUT2D eigenvalue weighted by molar-refractivity contribution is -0.158. The van der Waals surface area contributed by atoms with E-state index in [-0.39, 0.29) is 12.8 Å². The number of hydrogen-bond acceptors (Lipinski definition) is 5. The molecule has 3 atom stereocenters. The Morgan fingerprint density at radius 1 is 1.09 bits per heavy atom. The van der Waals surface area contributed by atoms with Gasteiger partial charge in [0.15, 0.2) is 0 Å². The average molecular weight is 458 g/mol. The van der Waals surface area contributed by atoms with Gasteiger partial charge >= 0.3 is 12.1 Å². The number of amides is 2. The SMILES string of the molecule is CC1C(c2ccccc2)OC(=O)N1C(=O)C(CC(=O)OC(C)(C)C)Cc1ccc(Cl)cc1. The zero-order chi connectivity index (χ0) is 23.5. The molecule has 0 aromatic heterocycles. The second kappa shape index (κ2) is 9.74. The van der Waals surface area contributed by atoms with Crippen LogP contribution in [0.3, 0.4) is 0 Å². The van der Waals surface area contributed by atoms with E-state index in [1.165, 1.54) is 0 Å². The first-order valence-corrected chi connectivity index (χ1v) is 11.0. The zero-order valence-corrected chi connectivity index (χ0v) is 19.5. The van der Waals surface area contributed by atoms with E-state index >= 15 is 0 Å². The van der Waals surface area contributed by atoms with Gasteiger partial charge < -0.3 is 9.47 Å². The van der Waals surface area contributed by atoms with Crippen molar-refractivity contribution in [1.29, 1.82) is 0 Å². The highest BCUT2D eigenvalue weighted by atomic mass is 35.5. The van der Waals surface area contributed by atoms with E-state index in [1.807, 2.05) is 30.3 Å². The first-order chi connectivity index (χ1) is 15.0. The first kappa shape index (κ1) is 23.8. The summed E-state index contributed by atoms with van der Waals surface area (Å²) >= 11 is 5.97. The predicted octanol–water partition coefficient (Wildman–Crippen LogP) is 5.34. The minimum absolute atomic E-state index is 0.148. The van der Waals surface area contributed by atoms with E-state index in [1.54, 1.807) is 52.0 Å². The zero-order valence-electron chi connectivity index (χ0n) is 18.7. The molecule has 1 fully saturated rings. The fourth-order valence-electron chi connectivity index (χ4n) is 3.78. The number of carbonyl (C=O) groups excluding carboxylic acids is 3. The monoisotopic (exact) mass is 457 g/mol. The molecule has 6 nitrogen and oxygen atoms in total. The van der Waals surface area contributed by atoms with Crippen LogP contribution in [0, 0.1) is 5.92 Å². The van der Waals surface area contributed by atoms with Gasteiger partial charge in [0.1, 0.15) is 11.7 Å². The third-order valence-electron chi connectivity index (χ3n) is 5.21. The molecule has 3 unspecified atom stereocenters. The van der Waals surface area contributed by atoms with Crippen LogP contribution in [0.25, 0.3) is 0 Å². The summed E-state index contributed by atoms with van der Waals surface area (Å²) in [6.45, 7) is 7.08. The summed E-state index contributed by atoms with van der Waals surface area (Å²) in [4.78, 5) is 39.9. The van der Waals surface area contributed by atoms with Gasteiger partial charge in [-0.1, -0.05) is 54.1 Å². The Balaban J connectivity index is 1.83. The fourth-order valence-corrected chi connectivity index (χ4v) is 3.90.